The van der Waals surface area contributed by atoms with Crippen LogP contribution in [0.3, 0.4) is 0 Å². The van der Waals surface area contributed by atoms with Gasteiger partial charge in [-0.2, -0.15) is 0 Å². The highest BCUT2D eigenvalue weighted by Gasteiger charge is 2.14. The second-order valence-electron chi connectivity index (χ2n) is 6.61. The molecule has 0 fully saturated rings. The van der Waals surface area contributed by atoms with E-state index in [1.165, 1.54) is 18.2 Å². The Morgan fingerprint density at radius 2 is 1.04 bits per heavy atom. The zero-order valence-corrected chi connectivity index (χ0v) is 14.3. The number of aromatic carboxylic acids is 2. The Bertz CT molecular complexity index is 730. The summed E-state index contributed by atoms with van der Waals surface area (Å²) in [6, 6.07) is 10.4. The standard InChI is InChI=1S/C20H22O4/c1-11(2)13-5-14(12(3)4)7-15(6-13)16-8-17(19(21)22)10-18(9-16)20(23)24/h5-12H,1-4H3,(H,21,22)(H,23,24). The van der Waals surface area contributed by atoms with Crippen LogP contribution >= 0.6 is 0 Å². The lowest BCUT2D eigenvalue weighted by atomic mass is 9.90. The van der Waals surface area contributed by atoms with Gasteiger partial charge in [0.05, 0.1) is 11.1 Å². The fraction of sp³-hybridized carbons (Fsp3) is 0.300. The first-order valence-electron chi connectivity index (χ1n) is 7.96. The molecule has 0 aliphatic rings. The van der Waals surface area contributed by atoms with E-state index in [1.54, 1.807) is 0 Å². The quantitative estimate of drug-likeness (QED) is 0.811. The first kappa shape index (κ1) is 17.7. The molecule has 0 saturated heterocycles. The maximum Gasteiger partial charge on any atom is 0.335 e. The molecular formula is C20H22O4. The van der Waals surface area contributed by atoms with Gasteiger partial charge in [0, 0.05) is 0 Å². The third kappa shape index (κ3) is 3.82. The summed E-state index contributed by atoms with van der Waals surface area (Å²) in [6.45, 7) is 8.39. The maximum atomic E-state index is 11.3. The summed E-state index contributed by atoms with van der Waals surface area (Å²) in [4.78, 5) is 22.6. The Labute approximate surface area is 141 Å². The number of rotatable bonds is 5. The van der Waals surface area contributed by atoms with Crippen LogP contribution in [0.4, 0.5) is 0 Å². The minimum atomic E-state index is -1.14. The summed E-state index contributed by atoms with van der Waals surface area (Å²) < 4.78 is 0. The van der Waals surface area contributed by atoms with E-state index in [2.05, 4.69) is 33.8 Å². The SMILES string of the molecule is CC(C)c1cc(-c2cc(C(=O)O)cc(C(=O)O)c2)cc(C(C)C)c1. The van der Waals surface area contributed by atoms with Crippen LogP contribution in [0.2, 0.25) is 0 Å². The second kappa shape index (κ2) is 6.87. The van der Waals surface area contributed by atoms with Gasteiger partial charge in [-0.25, -0.2) is 9.59 Å². The summed E-state index contributed by atoms with van der Waals surface area (Å²) >= 11 is 0. The van der Waals surface area contributed by atoms with E-state index in [9.17, 15) is 19.8 Å². The smallest absolute Gasteiger partial charge is 0.335 e. The normalized spacial score (nSPS) is 11.1. The molecule has 0 atom stereocenters. The molecule has 0 bridgehead atoms. The van der Waals surface area contributed by atoms with E-state index in [0.29, 0.717) is 17.4 Å². The van der Waals surface area contributed by atoms with Gasteiger partial charge in [-0.3, -0.25) is 0 Å². The third-order valence-electron chi connectivity index (χ3n) is 4.07. The molecule has 2 N–H and O–H groups in total. The van der Waals surface area contributed by atoms with E-state index >= 15 is 0 Å². The van der Waals surface area contributed by atoms with Crippen LogP contribution in [-0.4, -0.2) is 22.2 Å². The minimum absolute atomic E-state index is 0.0223. The summed E-state index contributed by atoms with van der Waals surface area (Å²) in [5.41, 5.74) is 3.70. The van der Waals surface area contributed by atoms with Crippen molar-refractivity contribution in [1.29, 1.82) is 0 Å². The van der Waals surface area contributed by atoms with Crippen molar-refractivity contribution in [3.63, 3.8) is 0 Å². The largest absolute Gasteiger partial charge is 0.478 e. The molecule has 24 heavy (non-hydrogen) atoms. The lowest BCUT2D eigenvalue weighted by Crippen LogP contribution is -2.03. The van der Waals surface area contributed by atoms with Crippen LogP contribution in [0.15, 0.2) is 36.4 Å². The predicted molar refractivity (Wildman–Crippen MR) is 94.0 cm³/mol. The van der Waals surface area contributed by atoms with Gasteiger partial charge in [0.15, 0.2) is 0 Å². The van der Waals surface area contributed by atoms with E-state index < -0.39 is 11.9 Å². The van der Waals surface area contributed by atoms with Gasteiger partial charge in [-0.1, -0.05) is 45.9 Å². The van der Waals surface area contributed by atoms with Gasteiger partial charge in [-0.15, -0.1) is 0 Å². The van der Waals surface area contributed by atoms with Crippen molar-refractivity contribution < 1.29 is 19.8 Å². The number of hydrogen-bond acceptors (Lipinski definition) is 2. The highest BCUT2D eigenvalue weighted by Crippen LogP contribution is 2.30. The summed E-state index contributed by atoms with van der Waals surface area (Å²) in [7, 11) is 0. The van der Waals surface area contributed by atoms with Crippen LogP contribution in [0, 0.1) is 0 Å². The van der Waals surface area contributed by atoms with Gasteiger partial charge in [0.2, 0.25) is 0 Å². The molecular weight excluding hydrogens is 304 g/mol. The Balaban J connectivity index is 2.70. The van der Waals surface area contributed by atoms with Crippen LogP contribution in [0.5, 0.6) is 0 Å². The molecule has 126 valence electrons. The molecule has 2 rings (SSSR count). The topological polar surface area (TPSA) is 74.6 Å². The lowest BCUT2D eigenvalue weighted by molar-refractivity contribution is 0.0696. The van der Waals surface area contributed by atoms with Crippen molar-refractivity contribution in [3.05, 3.63) is 58.7 Å². The lowest BCUT2D eigenvalue weighted by Gasteiger charge is -2.15. The highest BCUT2D eigenvalue weighted by molar-refractivity contribution is 5.96. The fourth-order valence-electron chi connectivity index (χ4n) is 2.55. The van der Waals surface area contributed by atoms with Gasteiger partial charge in [0.25, 0.3) is 0 Å². The van der Waals surface area contributed by atoms with Gasteiger partial charge in [0.1, 0.15) is 0 Å². The zero-order chi connectivity index (χ0) is 18.0. The molecule has 0 saturated carbocycles. The van der Waals surface area contributed by atoms with Crippen molar-refractivity contribution in [1.82, 2.24) is 0 Å². The Morgan fingerprint density at radius 3 is 1.38 bits per heavy atom. The molecule has 0 aliphatic heterocycles. The van der Waals surface area contributed by atoms with Crippen molar-refractivity contribution in [2.24, 2.45) is 0 Å². The number of benzene rings is 2. The third-order valence-corrected chi connectivity index (χ3v) is 4.07. The first-order chi connectivity index (χ1) is 11.2. The minimum Gasteiger partial charge on any atom is -0.478 e. The molecule has 4 nitrogen and oxygen atoms in total. The van der Waals surface area contributed by atoms with Crippen molar-refractivity contribution >= 4 is 11.9 Å². The molecule has 0 spiro atoms. The molecule has 0 unspecified atom stereocenters. The zero-order valence-electron chi connectivity index (χ0n) is 14.3. The first-order valence-corrected chi connectivity index (χ1v) is 7.96. The fourth-order valence-corrected chi connectivity index (χ4v) is 2.55. The summed E-state index contributed by atoms with van der Waals surface area (Å²) in [5, 5.41) is 18.5. The summed E-state index contributed by atoms with van der Waals surface area (Å²) in [5.74, 6) is -1.63. The molecule has 0 amide bonds. The van der Waals surface area contributed by atoms with Crippen LogP contribution < -0.4 is 0 Å². The van der Waals surface area contributed by atoms with Gasteiger partial charge < -0.3 is 10.2 Å². The monoisotopic (exact) mass is 326 g/mol. The van der Waals surface area contributed by atoms with Gasteiger partial charge >= 0.3 is 11.9 Å². The average Bonchev–Trinajstić information content (AvgIpc) is 2.53. The number of hydrogen-bond donors (Lipinski definition) is 2. The Morgan fingerprint density at radius 1 is 0.667 bits per heavy atom. The van der Waals surface area contributed by atoms with E-state index in [1.807, 2.05) is 12.1 Å². The van der Waals surface area contributed by atoms with Crippen molar-refractivity contribution in [2.45, 2.75) is 39.5 Å². The van der Waals surface area contributed by atoms with Crippen LogP contribution in [-0.2, 0) is 0 Å². The second-order valence-corrected chi connectivity index (χ2v) is 6.61. The molecule has 2 aromatic rings. The van der Waals surface area contributed by atoms with Crippen LogP contribution in [0.25, 0.3) is 11.1 Å². The molecule has 0 heterocycles. The molecule has 0 aliphatic carbocycles. The summed E-state index contributed by atoms with van der Waals surface area (Å²) in [6.07, 6.45) is 0. The number of carbonyl (C=O) groups is 2. The predicted octanol–water partition coefficient (Wildman–Crippen LogP) is 5.00. The van der Waals surface area contributed by atoms with Crippen LogP contribution in [0.1, 0.15) is 71.4 Å². The number of carboxylic acid groups (broad SMARTS) is 2. The van der Waals surface area contributed by atoms with Crippen molar-refractivity contribution in [2.75, 3.05) is 0 Å². The number of carboxylic acids is 2. The maximum absolute atomic E-state index is 11.3. The molecule has 0 radical (unpaired) electrons. The van der Waals surface area contributed by atoms with E-state index in [4.69, 9.17) is 0 Å². The molecule has 0 aromatic heterocycles. The van der Waals surface area contributed by atoms with E-state index in [-0.39, 0.29) is 11.1 Å². The molecule has 2 aromatic carbocycles. The highest BCUT2D eigenvalue weighted by atomic mass is 16.4. The van der Waals surface area contributed by atoms with E-state index in [0.717, 1.165) is 16.7 Å². The van der Waals surface area contributed by atoms with Gasteiger partial charge in [-0.05, 0) is 52.3 Å². The molecule has 4 heteroatoms. The average molecular weight is 326 g/mol. The Hall–Kier alpha value is -2.62. The Kier molecular flexibility index (Phi) is 5.07. The van der Waals surface area contributed by atoms with Crippen molar-refractivity contribution in [3.8, 4) is 11.1 Å².